The number of aliphatic hydroxyl groups excluding tert-OH is 1. The lowest BCUT2D eigenvalue weighted by molar-refractivity contribution is 0.304. The van der Waals surface area contributed by atoms with Crippen molar-refractivity contribution in [3.05, 3.63) is 54.4 Å². The van der Waals surface area contributed by atoms with E-state index in [1.165, 1.54) is 5.56 Å². The maximum atomic E-state index is 9.04. The lowest BCUT2D eigenvalue weighted by Gasteiger charge is -2.17. The van der Waals surface area contributed by atoms with Crippen molar-refractivity contribution in [2.24, 2.45) is 0 Å². The van der Waals surface area contributed by atoms with Crippen molar-refractivity contribution < 1.29 is 5.11 Å². The molecule has 3 aromatic rings. The zero-order chi connectivity index (χ0) is 15.5. The van der Waals surface area contributed by atoms with Crippen molar-refractivity contribution in [3.8, 4) is 11.3 Å². The molecule has 2 aromatic heterocycles. The summed E-state index contributed by atoms with van der Waals surface area (Å²) in [5.41, 5.74) is 5.41. The Kier molecular flexibility index (Phi) is 4.11. The average Bonchev–Trinajstić information content (AvgIpc) is 2.98. The van der Waals surface area contributed by atoms with Gasteiger partial charge in [-0.2, -0.15) is 0 Å². The number of anilines is 1. The fourth-order valence-corrected chi connectivity index (χ4v) is 2.54. The zero-order valence-corrected chi connectivity index (χ0v) is 13.0. The number of aliphatic hydroxyl groups is 1. The zero-order valence-electron chi connectivity index (χ0n) is 13.0. The van der Waals surface area contributed by atoms with Gasteiger partial charge in [0.05, 0.1) is 12.3 Å². The summed E-state index contributed by atoms with van der Waals surface area (Å²) in [5.74, 6) is 0. The molecule has 0 spiro atoms. The van der Waals surface area contributed by atoms with Crippen LogP contribution in [-0.2, 0) is 6.42 Å². The molecule has 1 N–H and O–H groups in total. The summed E-state index contributed by atoms with van der Waals surface area (Å²) in [7, 11) is 1.97. The molecule has 0 amide bonds. The first-order chi connectivity index (χ1) is 10.7. The quantitative estimate of drug-likeness (QED) is 0.786. The Morgan fingerprint density at radius 2 is 1.95 bits per heavy atom. The number of rotatable bonds is 5. The van der Waals surface area contributed by atoms with E-state index in [0.29, 0.717) is 6.54 Å². The van der Waals surface area contributed by atoms with Crippen molar-refractivity contribution >= 4 is 11.3 Å². The molecule has 4 nitrogen and oxygen atoms in total. The molecule has 22 heavy (non-hydrogen) atoms. The molecule has 0 fully saturated rings. The summed E-state index contributed by atoms with van der Waals surface area (Å²) < 4.78 is 2.03. The Labute approximate surface area is 130 Å². The van der Waals surface area contributed by atoms with E-state index in [0.717, 1.165) is 29.0 Å². The molecule has 3 rings (SSSR count). The molecule has 0 saturated heterocycles. The highest BCUT2D eigenvalue weighted by molar-refractivity contribution is 5.65. The minimum absolute atomic E-state index is 0.144. The monoisotopic (exact) mass is 295 g/mol. The predicted octanol–water partition coefficient (Wildman–Crippen LogP) is 2.99. The third-order valence-electron chi connectivity index (χ3n) is 3.98. The van der Waals surface area contributed by atoms with Gasteiger partial charge in [0, 0.05) is 43.3 Å². The highest BCUT2D eigenvalue weighted by Crippen LogP contribution is 2.22. The first-order valence-corrected chi connectivity index (χ1v) is 7.61. The number of aryl methyl sites for hydroxylation is 1. The molecule has 0 atom stereocenters. The second kappa shape index (κ2) is 6.20. The Hall–Kier alpha value is -2.33. The SMILES string of the molecule is CCc1ccc(-c2cn3ccc(N(C)CCO)cc3n2)cc1. The largest absolute Gasteiger partial charge is 0.395 e. The number of pyridine rings is 1. The van der Waals surface area contributed by atoms with E-state index in [4.69, 9.17) is 10.1 Å². The number of hydrogen-bond acceptors (Lipinski definition) is 3. The molecule has 0 radical (unpaired) electrons. The van der Waals surface area contributed by atoms with E-state index < -0.39 is 0 Å². The van der Waals surface area contributed by atoms with E-state index in [1.807, 2.05) is 40.9 Å². The molecule has 114 valence electrons. The highest BCUT2D eigenvalue weighted by atomic mass is 16.3. The summed E-state index contributed by atoms with van der Waals surface area (Å²) in [4.78, 5) is 6.73. The number of benzene rings is 1. The molecule has 1 aromatic carbocycles. The van der Waals surface area contributed by atoms with Crippen LogP contribution in [-0.4, -0.2) is 34.7 Å². The van der Waals surface area contributed by atoms with E-state index >= 15 is 0 Å². The Bertz CT molecular complexity index is 762. The minimum Gasteiger partial charge on any atom is -0.395 e. The third-order valence-corrected chi connectivity index (χ3v) is 3.98. The molecule has 0 bridgehead atoms. The summed E-state index contributed by atoms with van der Waals surface area (Å²) >= 11 is 0. The first kappa shape index (κ1) is 14.6. The molecule has 0 aliphatic heterocycles. The fraction of sp³-hybridized carbons (Fsp3) is 0.278. The van der Waals surface area contributed by atoms with Gasteiger partial charge < -0.3 is 14.4 Å². The van der Waals surface area contributed by atoms with E-state index in [1.54, 1.807) is 0 Å². The van der Waals surface area contributed by atoms with Crippen LogP contribution in [0.25, 0.3) is 16.9 Å². The number of imidazole rings is 1. The van der Waals surface area contributed by atoms with E-state index in [9.17, 15) is 0 Å². The highest BCUT2D eigenvalue weighted by Gasteiger charge is 2.07. The normalized spacial score (nSPS) is 11.0. The Balaban J connectivity index is 1.94. The average molecular weight is 295 g/mol. The molecule has 0 unspecified atom stereocenters. The predicted molar refractivity (Wildman–Crippen MR) is 90.4 cm³/mol. The number of aromatic nitrogens is 2. The Morgan fingerprint density at radius 3 is 2.64 bits per heavy atom. The number of nitrogens with zero attached hydrogens (tertiary/aromatic N) is 3. The molecule has 0 aliphatic rings. The smallest absolute Gasteiger partial charge is 0.139 e. The van der Waals surface area contributed by atoms with Gasteiger partial charge >= 0.3 is 0 Å². The van der Waals surface area contributed by atoms with E-state index in [2.05, 4.69) is 31.2 Å². The van der Waals surface area contributed by atoms with Crippen LogP contribution in [0.2, 0.25) is 0 Å². The van der Waals surface area contributed by atoms with Gasteiger partial charge in [0.15, 0.2) is 0 Å². The molecule has 4 heteroatoms. The third kappa shape index (κ3) is 2.83. The van der Waals surface area contributed by atoms with Gasteiger partial charge in [0.25, 0.3) is 0 Å². The van der Waals surface area contributed by atoms with Crippen LogP contribution in [0.15, 0.2) is 48.8 Å². The fourth-order valence-electron chi connectivity index (χ4n) is 2.54. The van der Waals surface area contributed by atoms with Gasteiger partial charge in [-0.1, -0.05) is 31.2 Å². The number of fused-ring (bicyclic) bond motifs is 1. The lowest BCUT2D eigenvalue weighted by Crippen LogP contribution is -2.21. The summed E-state index contributed by atoms with van der Waals surface area (Å²) in [6.45, 7) is 2.91. The van der Waals surface area contributed by atoms with Crippen LogP contribution in [0.4, 0.5) is 5.69 Å². The van der Waals surface area contributed by atoms with Crippen molar-refractivity contribution in [1.82, 2.24) is 9.38 Å². The van der Waals surface area contributed by atoms with Gasteiger partial charge in [-0.3, -0.25) is 0 Å². The second-order valence-corrected chi connectivity index (χ2v) is 5.47. The lowest BCUT2D eigenvalue weighted by atomic mass is 10.1. The first-order valence-electron chi connectivity index (χ1n) is 7.61. The second-order valence-electron chi connectivity index (χ2n) is 5.47. The maximum absolute atomic E-state index is 9.04. The number of hydrogen-bond donors (Lipinski definition) is 1. The summed E-state index contributed by atoms with van der Waals surface area (Å²) in [6, 6.07) is 12.6. The minimum atomic E-state index is 0.144. The van der Waals surface area contributed by atoms with Crippen LogP contribution in [0, 0.1) is 0 Å². The topological polar surface area (TPSA) is 40.8 Å². The van der Waals surface area contributed by atoms with Crippen molar-refractivity contribution in [2.75, 3.05) is 25.1 Å². The van der Waals surface area contributed by atoms with Crippen LogP contribution in [0.1, 0.15) is 12.5 Å². The van der Waals surface area contributed by atoms with Gasteiger partial charge in [-0.15, -0.1) is 0 Å². The maximum Gasteiger partial charge on any atom is 0.139 e. The van der Waals surface area contributed by atoms with Crippen molar-refractivity contribution in [3.63, 3.8) is 0 Å². The molecule has 0 aliphatic carbocycles. The number of likely N-dealkylation sites (N-methyl/N-ethyl adjacent to an activating group) is 1. The molecule has 0 saturated carbocycles. The van der Waals surface area contributed by atoms with E-state index in [-0.39, 0.29) is 6.61 Å². The standard InChI is InChI=1S/C18H21N3O/c1-3-14-4-6-15(7-5-14)17-13-21-9-8-16(12-18(21)19-17)20(2)10-11-22/h4-9,12-13,22H,3,10-11H2,1-2H3. The van der Waals surface area contributed by atoms with Crippen molar-refractivity contribution in [2.45, 2.75) is 13.3 Å². The molecule has 2 heterocycles. The van der Waals surface area contributed by atoms with Crippen molar-refractivity contribution in [1.29, 1.82) is 0 Å². The molecular weight excluding hydrogens is 274 g/mol. The Morgan fingerprint density at radius 1 is 1.18 bits per heavy atom. The van der Waals surface area contributed by atoms with Gasteiger partial charge in [0.2, 0.25) is 0 Å². The summed E-state index contributed by atoms with van der Waals surface area (Å²) in [6.07, 6.45) is 5.10. The van der Waals surface area contributed by atoms with Crippen LogP contribution in [0.5, 0.6) is 0 Å². The van der Waals surface area contributed by atoms with Crippen LogP contribution >= 0.6 is 0 Å². The van der Waals surface area contributed by atoms with Gasteiger partial charge in [-0.05, 0) is 18.1 Å². The van der Waals surface area contributed by atoms with Crippen LogP contribution < -0.4 is 4.90 Å². The van der Waals surface area contributed by atoms with Gasteiger partial charge in [0.1, 0.15) is 5.65 Å². The van der Waals surface area contributed by atoms with Crippen LogP contribution in [0.3, 0.4) is 0 Å². The molecular formula is C18H21N3O. The van der Waals surface area contributed by atoms with Gasteiger partial charge in [-0.25, -0.2) is 4.98 Å². The summed E-state index contributed by atoms with van der Waals surface area (Å²) in [5, 5.41) is 9.04.